The molecule has 0 heterocycles. The monoisotopic (exact) mass is 615 g/mol. The van der Waals surface area contributed by atoms with E-state index < -0.39 is 0 Å². The lowest BCUT2D eigenvalue weighted by molar-refractivity contribution is 0.332. The first kappa shape index (κ1) is 30.2. The topological polar surface area (TPSA) is 3.24 Å². The molecule has 0 unspecified atom stereocenters. The second-order valence-corrected chi connectivity index (χ2v) is 16.4. The van der Waals surface area contributed by atoms with Crippen LogP contribution >= 0.6 is 0 Å². The molecule has 3 aliphatic rings. The van der Waals surface area contributed by atoms with E-state index in [1.54, 1.807) is 5.56 Å². The number of rotatable bonds is 4. The molecular formula is C46H49N. The lowest BCUT2D eigenvalue weighted by atomic mass is 9.63. The highest BCUT2D eigenvalue weighted by atomic mass is 15.1. The second kappa shape index (κ2) is 10.7. The Bertz CT molecular complexity index is 2020. The molecule has 1 heteroatoms. The van der Waals surface area contributed by atoms with Gasteiger partial charge < -0.3 is 4.90 Å². The van der Waals surface area contributed by atoms with Gasteiger partial charge in [-0.05, 0) is 148 Å². The Labute approximate surface area is 282 Å². The summed E-state index contributed by atoms with van der Waals surface area (Å²) in [6, 6.07) is 37.6. The fraction of sp³-hybridized carbons (Fsp3) is 0.348. The molecule has 0 atom stereocenters. The van der Waals surface area contributed by atoms with Gasteiger partial charge in [-0.1, -0.05) is 102 Å². The van der Waals surface area contributed by atoms with Crippen molar-refractivity contribution in [3.63, 3.8) is 0 Å². The quantitative estimate of drug-likeness (QED) is 0.194. The first-order valence-electron chi connectivity index (χ1n) is 17.9. The summed E-state index contributed by atoms with van der Waals surface area (Å²) in [5.74, 6) is 0. The molecule has 3 aliphatic carbocycles. The molecule has 8 rings (SSSR count). The van der Waals surface area contributed by atoms with Crippen molar-refractivity contribution in [1.29, 1.82) is 0 Å². The average Bonchev–Trinajstić information content (AvgIpc) is 3.29. The Kier molecular flexibility index (Phi) is 6.89. The van der Waals surface area contributed by atoms with Gasteiger partial charge in [0.1, 0.15) is 0 Å². The van der Waals surface area contributed by atoms with Crippen LogP contribution in [0.2, 0.25) is 0 Å². The van der Waals surface area contributed by atoms with Gasteiger partial charge in [0.15, 0.2) is 0 Å². The summed E-state index contributed by atoms with van der Waals surface area (Å²) >= 11 is 0. The molecule has 0 bridgehead atoms. The minimum absolute atomic E-state index is 0.0890. The van der Waals surface area contributed by atoms with Crippen molar-refractivity contribution in [2.45, 2.75) is 103 Å². The molecule has 0 amide bonds. The van der Waals surface area contributed by atoms with E-state index in [1.807, 2.05) is 0 Å². The van der Waals surface area contributed by atoms with Crippen LogP contribution in [0.15, 0.2) is 97.1 Å². The third-order valence-electron chi connectivity index (χ3n) is 12.0. The van der Waals surface area contributed by atoms with Crippen molar-refractivity contribution < 1.29 is 0 Å². The van der Waals surface area contributed by atoms with Gasteiger partial charge in [-0.2, -0.15) is 0 Å². The summed E-state index contributed by atoms with van der Waals surface area (Å²) < 4.78 is 0. The molecule has 0 saturated heterocycles. The van der Waals surface area contributed by atoms with Crippen molar-refractivity contribution >= 4 is 17.1 Å². The first-order chi connectivity index (χ1) is 22.5. The van der Waals surface area contributed by atoms with Crippen LogP contribution in [0, 0.1) is 6.92 Å². The van der Waals surface area contributed by atoms with Crippen LogP contribution in [0.4, 0.5) is 17.1 Å². The molecule has 1 nitrogen and oxygen atoms in total. The maximum atomic E-state index is 2.56. The van der Waals surface area contributed by atoms with Crippen molar-refractivity contribution in [1.82, 2.24) is 0 Å². The van der Waals surface area contributed by atoms with Gasteiger partial charge in [0.25, 0.3) is 0 Å². The number of anilines is 3. The predicted octanol–water partition coefficient (Wildman–Crippen LogP) is 12.7. The molecule has 0 N–H and O–H groups in total. The average molecular weight is 616 g/mol. The van der Waals surface area contributed by atoms with E-state index in [4.69, 9.17) is 0 Å². The first-order valence-corrected chi connectivity index (χ1v) is 17.9. The summed E-state index contributed by atoms with van der Waals surface area (Å²) in [5, 5.41) is 0. The third kappa shape index (κ3) is 4.80. The van der Waals surface area contributed by atoms with Crippen LogP contribution in [-0.4, -0.2) is 0 Å². The number of hydrogen-bond donors (Lipinski definition) is 0. The molecule has 5 aromatic carbocycles. The molecule has 0 radical (unpaired) electrons. The summed E-state index contributed by atoms with van der Waals surface area (Å²) in [5.41, 5.74) is 19.6. The zero-order chi connectivity index (χ0) is 32.7. The molecule has 0 fully saturated rings. The van der Waals surface area contributed by atoms with E-state index in [2.05, 4.69) is 150 Å². The number of fused-ring (bicyclic) bond motifs is 5. The van der Waals surface area contributed by atoms with Crippen LogP contribution in [0.1, 0.15) is 106 Å². The van der Waals surface area contributed by atoms with Crippen LogP contribution in [-0.2, 0) is 29.1 Å². The van der Waals surface area contributed by atoms with Crippen molar-refractivity contribution in [3.05, 3.63) is 136 Å². The van der Waals surface area contributed by atoms with Crippen LogP contribution in [0.3, 0.4) is 0 Å². The van der Waals surface area contributed by atoms with Crippen molar-refractivity contribution in [3.8, 4) is 22.3 Å². The highest BCUT2D eigenvalue weighted by molar-refractivity contribution is 5.95. The normalized spacial score (nSPS) is 18.1. The van der Waals surface area contributed by atoms with E-state index in [1.165, 1.54) is 111 Å². The smallest absolute Gasteiger partial charge is 0.0543 e. The van der Waals surface area contributed by atoms with Gasteiger partial charge in [0, 0.05) is 22.4 Å². The SMILES string of the molecule is Cc1cc2c(cc1-c1cc3c(cc1N(c1ccccc1)c1ccc4c(c1)C(C)(C)CCC4(C)C)C(C)(C)c1ccccc1-3)CCCC2. The Balaban J connectivity index is 1.44. The summed E-state index contributed by atoms with van der Waals surface area (Å²) in [6.07, 6.45) is 7.38. The molecule has 0 aromatic heterocycles. The molecular weight excluding hydrogens is 567 g/mol. The second-order valence-electron chi connectivity index (χ2n) is 16.4. The van der Waals surface area contributed by atoms with Gasteiger partial charge in [0.05, 0.1) is 5.69 Å². The fourth-order valence-corrected chi connectivity index (χ4v) is 9.06. The Morgan fingerprint density at radius 3 is 1.89 bits per heavy atom. The van der Waals surface area contributed by atoms with E-state index in [0.717, 1.165) is 0 Å². The predicted molar refractivity (Wildman–Crippen MR) is 201 cm³/mol. The molecule has 0 aliphatic heterocycles. The number of para-hydroxylation sites is 1. The van der Waals surface area contributed by atoms with E-state index in [-0.39, 0.29) is 16.2 Å². The minimum Gasteiger partial charge on any atom is -0.310 e. The van der Waals surface area contributed by atoms with Crippen LogP contribution in [0.5, 0.6) is 0 Å². The molecule has 0 spiro atoms. The summed E-state index contributed by atoms with van der Waals surface area (Å²) in [4.78, 5) is 2.56. The molecule has 5 aromatic rings. The van der Waals surface area contributed by atoms with Crippen LogP contribution < -0.4 is 4.90 Å². The van der Waals surface area contributed by atoms with Crippen LogP contribution in [0.25, 0.3) is 22.3 Å². The summed E-state index contributed by atoms with van der Waals surface area (Å²) in [6.45, 7) is 16.9. The molecule has 238 valence electrons. The lowest BCUT2D eigenvalue weighted by Crippen LogP contribution is -2.34. The fourth-order valence-electron chi connectivity index (χ4n) is 9.06. The Morgan fingerprint density at radius 2 is 1.15 bits per heavy atom. The summed E-state index contributed by atoms with van der Waals surface area (Å²) in [7, 11) is 0. The van der Waals surface area contributed by atoms with Gasteiger partial charge in [0.2, 0.25) is 0 Å². The molecule has 47 heavy (non-hydrogen) atoms. The Hall–Kier alpha value is -4.10. The van der Waals surface area contributed by atoms with E-state index in [9.17, 15) is 0 Å². The number of aryl methyl sites for hydroxylation is 3. The standard InChI is InChI=1S/C46H49N/c1-30-25-31-15-11-12-16-32(31)26-36(30)38-28-37-35-19-13-14-20-39(35)46(6,7)41(37)29-43(38)47(33-17-9-8-10-18-33)34-21-22-40-42(27-34)45(4,5)24-23-44(40,2)3/h8-10,13-14,17-22,25-29H,11-12,15-16,23-24H2,1-7H3. The highest BCUT2D eigenvalue weighted by Gasteiger charge is 2.39. The van der Waals surface area contributed by atoms with Crippen molar-refractivity contribution in [2.75, 3.05) is 4.90 Å². The maximum absolute atomic E-state index is 2.56. The number of benzene rings is 5. The largest absolute Gasteiger partial charge is 0.310 e. The zero-order valence-corrected chi connectivity index (χ0v) is 29.4. The lowest BCUT2D eigenvalue weighted by Gasteiger charge is -2.42. The van der Waals surface area contributed by atoms with Gasteiger partial charge in [-0.3, -0.25) is 0 Å². The van der Waals surface area contributed by atoms with Gasteiger partial charge >= 0.3 is 0 Å². The zero-order valence-electron chi connectivity index (χ0n) is 29.4. The Morgan fingerprint density at radius 1 is 0.489 bits per heavy atom. The van der Waals surface area contributed by atoms with Crippen molar-refractivity contribution in [2.24, 2.45) is 0 Å². The third-order valence-corrected chi connectivity index (χ3v) is 12.0. The van der Waals surface area contributed by atoms with E-state index >= 15 is 0 Å². The van der Waals surface area contributed by atoms with Gasteiger partial charge in [-0.15, -0.1) is 0 Å². The number of hydrogen-bond acceptors (Lipinski definition) is 1. The molecule has 0 saturated carbocycles. The highest BCUT2D eigenvalue weighted by Crippen LogP contribution is 2.55. The minimum atomic E-state index is -0.0890. The maximum Gasteiger partial charge on any atom is 0.0543 e. The number of nitrogens with zero attached hydrogens (tertiary/aromatic N) is 1. The van der Waals surface area contributed by atoms with Gasteiger partial charge in [-0.25, -0.2) is 0 Å². The van der Waals surface area contributed by atoms with E-state index in [0.29, 0.717) is 0 Å².